The molecule has 0 spiro atoms. The highest BCUT2D eigenvalue weighted by atomic mass is 32.2. The van der Waals surface area contributed by atoms with Gasteiger partial charge in [-0.15, -0.1) is 0 Å². The van der Waals surface area contributed by atoms with E-state index in [1.807, 2.05) is 39.0 Å². The summed E-state index contributed by atoms with van der Waals surface area (Å²) in [6.07, 6.45) is 0.845. The van der Waals surface area contributed by atoms with Gasteiger partial charge in [0.25, 0.3) is 0 Å². The number of hydrogen-bond acceptors (Lipinski definition) is 3. The zero-order valence-corrected chi connectivity index (χ0v) is 13.2. The molecule has 0 amide bonds. The number of hydrogen-bond donors (Lipinski definition) is 1. The first-order chi connectivity index (χ1) is 10.0. The Morgan fingerprint density at radius 2 is 1.90 bits per heavy atom. The van der Waals surface area contributed by atoms with Crippen molar-refractivity contribution in [2.24, 2.45) is 0 Å². The lowest BCUT2D eigenvalue weighted by molar-refractivity contribution is 0.551. The summed E-state index contributed by atoms with van der Waals surface area (Å²) in [4.78, 5) is 4.99. The highest BCUT2D eigenvalue weighted by molar-refractivity contribution is 7.99. The minimum Gasteiger partial charge on any atom is -0.368 e. The van der Waals surface area contributed by atoms with Crippen LogP contribution in [0.2, 0.25) is 0 Å². The standard InChI is InChI=1S/C16H18F2N2S/c1-4-7-19-15-12(17)9-13(18)16(20-15)21-14-6-5-10(2)8-11(14)3/h5-6,8-9H,4,7H2,1-3H3,(H,19,20). The van der Waals surface area contributed by atoms with Crippen molar-refractivity contribution in [3.8, 4) is 0 Å². The average molecular weight is 308 g/mol. The molecular weight excluding hydrogens is 290 g/mol. The molecule has 0 aliphatic carbocycles. The highest BCUT2D eigenvalue weighted by Gasteiger charge is 2.13. The van der Waals surface area contributed by atoms with Crippen molar-refractivity contribution in [2.75, 3.05) is 11.9 Å². The zero-order valence-electron chi connectivity index (χ0n) is 12.3. The van der Waals surface area contributed by atoms with E-state index in [2.05, 4.69) is 10.3 Å². The van der Waals surface area contributed by atoms with E-state index in [1.54, 1.807) is 0 Å². The first-order valence-corrected chi connectivity index (χ1v) is 7.68. The summed E-state index contributed by atoms with van der Waals surface area (Å²) in [5.41, 5.74) is 2.20. The molecule has 1 heterocycles. The molecule has 5 heteroatoms. The average Bonchev–Trinajstić information content (AvgIpc) is 2.43. The number of halogens is 2. The van der Waals surface area contributed by atoms with Crippen LogP contribution in [0.25, 0.3) is 0 Å². The van der Waals surface area contributed by atoms with Gasteiger partial charge in [-0.3, -0.25) is 0 Å². The third kappa shape index (κ3) is 3.94. The summed E-state index contributed by atoms with van der Waals surface area (Å²) >= 11 is 1.21. The van der Waals surface area contributed by atoms with Gasteiger partial charge in [0.2, 0.25) is 0 Å². The first kappa shape index (κ1) is 15.8. The quantitative estimate of drug-likeness (QED) is 0.846. The molecular formula is C16H18F2N2S. The van der Waals surface area contributed by atoms with Crippen molar-refractivity contribution in [3.63, 3.8) is 0 Å². The highest BCUT2D eigenvalue weighted by Crippen LogP contribution is 2.32. The maximum absolute atomic E-state index is 13.9. The molecule has 0 fully saturated rings. The second-order valence-corrected chi connectivity index (χ2v) is 5.93. The van der Waals surface area contributed by atoms with Crippen LogP contribution < -0.4 is 5.32 Å². The molecule has 2 rings (SSSR count). The normalized spacial score (nSPS) is 10.7. The fourth-order valence-electron chi connectivity index (χ4n) is 1.91. The van der Waals surface area contributed by atoms with Crippen molar-refractivity contribution in [1.82, 2.24) is 4.98 Å². The SMILES string of the molecule is CCCNc1nc(Sc2ccc(C)cc2C)c(F)cc1F. The molecule has 1 aromatic carbocycles. The number of aromatic nitrogens is 1. The lowest BCUT2D eigenvalue weighted by atomic mass is 10.2. The third-order valence-corrected chi connectivity index (χ3v) is 4.13. The first-order valence-electron chi connectivity index (χ1n) is 6.86. The van der Waals surface area contributed by atoms with E-state index in [0.29, 0.717) is 6.54 Å². The van der Waals surface area contributed by atoms with Gasteiger partial charge >= 0.3 is 0 Å². The molecule has 0 atom stereocenters. The molecule has 0 saturated heterocycles. The summed E-state index contributed by atoms with van der Waals surface area (Å²) in [5.74, 6) is -1.20. The van der Waals surface area contributed by atoms with Crippen LogP contribution in [0, 0.1) is 25.5 Å². The topological polar surface area (TPSA) is 24.9 Å². The van der Waals surface area contributed by atoms with Crippen LogP contribution in [0.5, 0.6) is 0 Å². The van der Waals surface area contributed by atoms with Gasteiger partial charge in [0.05, 0.1) is 0 Å². The number of pyridine rings is 1. The van der Waals surface area contributed by atoms with Crippen molar-refractivity contribution < 1.29 is 8.78 Å². The van der Waals surface area contributed by atoms with Crippen molar-refractivity contribution in [1.29, 1.82) is 0 Å². The minimum atomic E-state index is -0.661. The minimum absolute atomic E-state index is 0.102. The van der Waals surface area contributed by atoms with Crippen molar-refractivity contribution in [3.05, 3.63) is 47.0 Å². The fraction of sp³-hybridized carbons (Fsp3) is 0.312. The van der Waals surface area contributed by atoms with Gasteiger partial charge in [-0.2, -0.15) is 0 Å². The maximum Gasteiger partial charge on any atom is 0.168 e. The Bertz CT molecular complexity index is 644. The van der Waals surface area contributed by atoms with Gasteiger partial charge < -0.3 is 5.32 Å². The van der Waals surface area contributed by atoms with E-state index in [9.17, 15) is 8.78 Å². The Hall–Kier alpha value is -1.62. The van der Waals surface area contributed by atoms with E-state index in [-0.39, 0.29) is 10.8 Å². The second kappa shape index (κ2) is 6.89. The van der Waals surface area contributed by atoms with Crippen LogP contribution in [0.1, 0.15) is 24.5 Å². The molecule has 1 N–H and O–H groups in total. The summed E-state index contributed by atoms with van der Waals surface area (Å²) in [6, 6.07) is 6.81. The molecule has 0 saturated carbocycles. The summed E-state index contributed by atoms with van der Waals surface area (Å²) in [7, 11) is 0. The summed E-state index contributed by atoms with van der Waals surface area (Å²) < 4.78 is 27.5. The van der Waals surface area contributed by atoms with Gasteiger partial charge in [-0.1, -0.05) is 36.4 Å². The van der Waals surface area contributed by atoms with E-state index in [0.717, 1.165) is 28.5 Å². The van der Waals surface area contributed by atoms with Gasteiger partial charge in [-0.25, -0.2) is 13.8 Å². The van der Waals surface area contributed by atoms with Gasteiger partial charge in [-0.05, 0) is 31.9 Å². The predicted molar refractivity (Wildman–Crippen MR) is 83.0 cm³/mol. The fourth-order valence-corrected chi connectivity index (χ4v) is 2.76. The molecule has 21 heavy (non-hydrogen) atoms. The lowest BCUT2D eigenvalue weighted by Crippen LogP contribution is -2.06. The Balaban J connectivity index is 2.30. The Morgan fingerprint density at radius 1 is 1.14 bits per heavy atom. The van der Waals surface area contributed by atoms with Crippen LogP contribution in [-0.2, 0) is 0 Å². The molecule has 2 nitrogen and oxygen atoms in total. The number of rotatable bonds is 5. The molecule has 0 radical (unpaired) electrons. The summed E-state index contributed by atoms with van der Waals surface area (Å²) in [5, 5.41) is 3.06. The van der Waals surface area contributed by atoms with Crippen LogP contribution >= 0.6 is 11.8 Å². The van der Waals surface area contributed by atoms with Crippen molar-refractivity contribution in [2.45, 2.75) is 37.1 Å². The molecule has 112 valence electrons. The number of anilines is 1. The molecule has 1 aromatic heterocycles. The molecule has 2 aromatic rings. The van der Waals surface area contributed by atoms with E-state index in [1.165, 1.54) is 11.8 Å². The van der Waals surface area contributed by atoms with Gasteiger partial charge in [0, 0.05) is 17.5 Å². The maximum atomic E-state index is 13.9. The second-order valence-electron chi connectivity index (χ2n) is 4.90. The van der Waals surface area contributed by atoms with Crippen LogP contribution in [0.3, 0.4) is 0 Å². The Kier molecular flexibility index (Phi) is 5.17. The monoisotopic (exact) mass is 308 g/mol. The largest absolute Gasteiger partial charge is 0.368 e. The predicted octanol–water partition coefficient (Wildman–Crippen LogP) is 4.95. The lowest BCUT2D eigenvalue weighted by Gasteiger charge is -2.10. The van der Waals surface area contributed by atoms with Gasteiger partial charge in [0.15, 0.2) is 17.5 Å². The number of nitrogens with one attached hydrogen (secondary N) is 1. The van der Waals surface area contributed by atoms with E-state index >= 15 is 0 Å². The molecule has 0 aliphatic heterocycles. The summed E-state index contributed by atoms with van der Waals surface area (Å²) in [6.45, 7) is 6.54. The number of benzene rings is 1. The van der Waals surface area contributed by atoms with Crippen LogP contribution in [-0.4, -0.2) is 11.5 Å². The molecule has 0 aliphatic rings. The number of nitrogens with zero attached hydrogens (tertiary/aromatic N) is 1. The van der Waals surface area contributed by atoms with E-state index in [4.69, 9.17) is 0 Å². The van der Waals surface area contributed by atoms with Gasteiger partial charge in [0.1, 0.15) is 5.03 Å². The smallest absolute Gasteiger partial charge is 0.168 e. The zero-order chi connectivity index (χ0) is 15.4. The Morgan fingerprint density at radius 3 is 2.57 bits per heavy atom. The third-order valence-electron chi connectivity index (χ3n) is 2.98. The Labute approximate surface area is 128 Å². The van der Waals surface area contributed by atoms with E-state index < -0.39 is 11.6 Å². The van der Waals surface area contributed by atoms with Crippen LogP contribution in [0.4, 0.5) is 14.6 Å². The molecule has 0 unspecified atom stereocenters. The molecule has 0 bridgehead atoms. The number of aryl methyl sites for hydroxylation is 2. The van der Waals surface area contributed by atoms with Crippen LogP contribution in [0.15, 0.2) is 34.2 Å². The van der Waals surface area contributed by atoms with Crippen molar-refractivity contribution >= 4 is 17.6 Å².